The lowest BCUT2D eigenvalue weighted by molar-refractivity contribution is -0.141. The monoisotopic (exact) mass is 565 g/mol. The van der Waals surface area contributed by atoms with Crippen LogP contribution >= 0.6 is 0 Å². The lowest BCUT2D eigenvalue weighted by Gasteiger charge is -2.36. The summed E-state index contributed by atoms with van der Waals surface area (Å²) in [6, 6.07) is 4.30. The van der Waals surface area contributed by atoms with Crippen molar-refractivity contribution < 1.29 is 32.2 Å². The highest BCUT2D eigenvalue weighted by atomic mass is 19.4. The first-order valence-corrected chi connectivity index (χ1v) is 13.4. The number of aromatic nitrogens is 2. The van der Waals surface area contributed by atoms with Crippen LogP contribution in [0.4, 0.5) is 19.0 Å². The second-order valence-corrected chi connectivity index (χ2v) is 11.4. The van der Waals surface area contributed by atoms with Gasteiger partial charge >= 0.3 is 6.18 Å². The van der Waals surface area contributed by atoms with E-state index in [1.165, 1.54) is 21.3 Å². The zero-order valence-corrected chi connectivity index (χ0v) is 23.9. The molecule has 1 aliphatic heterocycles. The minimum absolute atomic E-state index is 0.189. The van der Waals surface area contributed by atoms with Crippen LogP contribution in [-0.2, 0) is 11.6 Å². The fourth-order valence-electron chi connectivity index (χ4n) is 4.89. The number of ether oxygens (including phenoxy) is 3. The van der Waals surface area contributed by atoms with Crippen molar-refractivity contribution in [2.75, 3.05) is 65.5 Å². The first kappa shape index (κ1) is 29.7. The van der Waals surface area contributed by atoms with E-state index < -0.39 is 17.3 Å². The molecule has 1 amide bonds. The summed E-state index contributed by atoms with van der Waals surface area (Å²) < 4.78 is 56.5. The zero-order valence-electron chi connectivity index (χ0n) is 23.9. The van der Waals surface area contributed by atoms with E-state index in [0.29, 0.717) is 60.1 Å². The first-order valence-electron chi connectivity index (χ1n) is 13.4. The largest absolute Gasteiger partial charge is 0.493 e. The number of carbonyl (C=O) groups is 1. The molecule has 0 bridgehead atoms. The van der Waals surface area contributed by atoms with Gasteiger partial charge < -0.3 is 24.4 Å². The van der Waals surface area contributed by atoms with Gasteiger partial charge in [-0.3, -0.25) is 9.69 Å². The van der Waals surface area contributed by atoms with Crippen LogP contribution in [0.3, 0.4) is 0 Å². The van der Waals surface area contributed by atoms with Crippen molar-refractivity contribution in [3.63, 3.8) is 0 Å². The number of methoxy groups -OCH3 is 3. The Morgan fingerprint density at radius 3 is 2.10 bits per heavy atom. The number of carbonyl (C=O) groups excluding carboxylic acids is 1. The topological polar surface area (TPSA) is 89.1 Å². The molecule has 220 valence electrons. The molecule has 0 radical (unpaired) electrons. The van der Waals surface area contributed by atoms with Gasteiger partial charge in [0.1, 0.15) is 17.3 Å². The number of nitrogens with zero attached hydrogens (tertiary/aromatic N) is 4. The molecule has 1 saturated heterocycles. The van der Waals surface area contributed by atoms with Crippen LogP contribution in [0, 0.1) is 11.8 Å². The number of benzene rings is 1. The number of piperazine rings is 1. The molecule has 2 aromatic rings. The molecule has 12 heteroatoms. The van der Waals surface area contributed by atoms with Gasteiger partial charge in [0.15, 0.2) is 11.5 Å². The predicted molar refractivity (Wildman–Crippen MR) is 144 cm³/mol. The van der Waals surface area contributed by atoms with E-state index >= 15 is 0 Å². The lowest BCUT2D eigenvalue weighted by Crippen LogP contribution is -2.47. The quantitative estimate of drug-likeness (QED) is 0.488. The van der Waals surface area contributed by atoms with Gasteiger partial charge in [0.2, 0.25) is 5.75 Å². The van der Waals surface area contributed by atoms with Crippen molar-refractivity contribution in [2.24, 2.45) is 11.8 Å². The molecule has 1 saturated carbocycles. The summed E-state index contributed by atoms with van der Waals surface area (Å²) in [5.74, 6) is 2.42. The molecule has 2 aliphatic rings. The molecule has 1 aliphatic carbocycles. The summed E-state index contributed by atoms with van der Waals surface area (Å²) in [6.45, 7) is 9.53. The average Bonchev–Trinajstić information content (AvgIpc) is 3.67. The van der Waals surface area contributed by atoms with Crippen LogP contribution in [0.15, 0.2) is 18.2 Å². The fraction of sp³-hybridized carbons (Fsp3) is 0.607. The normalized spacial score (nSPS) is 19.8. The molecule has 0 spiro atoms. The van der Waals surface area contributed by atoms with E-state index in [1.807, 2.05) is 25.7 Å². The lowest BCUT2D eigenvalue weighted by atomic mass is 9.95. The van der Waals surface area contributed by atoms with Crippen LogP contribution in [0.25, 0.3) is 0 Å². The van der Waals surface area contributed by atoms with Crippen molar-refractivity contribution >= 4 is 11.7 Å². The Hall–Kier alpha value is -3.28. The number of amides is 1. The van der Waals surface area contributed by atoms with Crippen molar-refractivity contribution in [3.8, 4) is 17.2 Å². The molecule has 40 heavy (non-hydrogen) atoms. The van der Waals surface area contributed by atoms with Gasteiger partial charge in [-0.15, -0.1) is 0 Å². The number of halogens is 3. The zero-order chi connectivity index (χ0) is 29.2. The molecule has 2 fully saturated rings. The average molecular weight is 566 g/mol. The predicted octanol–water partition coefficient (Wildman–Crippen LogP) is 4.01. The van der Waals surface area contributed by atoms with Gasteiger partial charge in [0, 0.05) is 56.3 Å². The number of alkyl halides is 3. The number of hydrogen-bond donors (Lipinski definition) is 1. The molecule has 2 atom stereocenters. The highest BCUT2D eigenvalue weighted by Gasteiger charge is 2.39. The summed E-state index contributed by atoms with van der Waals surface area (Å²) in [5, 5.41) is 3.01. The summed E-state index contributed by atoms with van der Waals surface area (Å²) in [5.41, 5.74) is -1.07. The van der Waals surface area contributed by atoms with E-state index in [1.54, 1.807) is 12.1 Å². The van der Waals surface area contributed by atoms with Gasteiger partial charge in [-0.1, -0.05) is 20.8 Å². The third kappa shape index (κ3) is 6.89. The second kappa shape index (κ2) is 11.7. The Labute approximate surface area is 233 Å². The summed E-state index contributed by atoms with van der Waals surface area (Å²) in [4.78, 5) is 25.3. The van der Waals surface area contributed by atoms with Crippen LogP contribution < -0.4 is 24.4 Å². The third-order valence-electron chi connectivity index (χ3n) is 7.38. The molecule has 1 aromatic carbocycles. The van der Waals surface area contributed by atoms with Crippen molar-refractivity contribution in [2.45, 2.75) is 38.8 Å². The number of rotatable bonds is 9. The summed E-state index contributed by atoms with van der Waals surface area (Å²) >= 11 is 0. The molecule has 4 rings (SSSR count). The van der Waals surface area contributed by atoms with Crippen molar-refractivity contribution in [3.05, 3.63) is 35.3 Å². The molecule has 9 nitrogen and oxygen atoms in total. The highest BCUT2D eigenvalue weighted by molar-refractivity contribution is 5.95. The van der Waals surface area contributed by atoms with E-state index in [2.05, 4.69) is 20.2 Å². The van der Waals surface area contributed by atoms with Gasteiger partial charge in [-0.25, -0.2) is 9.97 Å². The van der Waals surface area contributed by atoms with Gasteiger partial charge in [-0.05, 0) is 30.4 Å². The van der Waals surface area contributed by atoms with E-state index in [4.69, 9.17) is 14.2 Å². The van der Waals surface area contributed by atoms with E-state index in [-0.39, 0.29) is 11.7 Å². The molecule has 2 unspecified atom stereocenters. The van der Waals surface area contributed by atoms with Gasteiger partial charge in [0.25, 0.3) is 5.91 Å². The Balaban J connectivity index is 1.28. The van der Waals surface area contributed by atoms with Gasteiger partial charge in [-0.2, -0.15) is 13.2 Å². The Bertz CT molecular complexity index is 1150. The Morgan fingerprint density at radius 2 is 1.57 bits per heavy atom. The van der Waals surface area contributed by atoms with E-state index in [0.717, 1.165) is 32.1 Å². The standard InChI is InChI=1S/C28H38F3N5O4/c1-27(2,3)26-33-22(28(29,30)31)14-23(34-26)36-9-7-35(8-10-36)16-19-11-18(19)15-32-25(37)17-12-20(38-4)24(40-6)21(13-17)39-5/h12-14,18-19H,7-11,15-16H2,1-6H3,(H,32,37). The summed E-state index contributed by atoms with van der Waals surface area (Å²) in [7, 11) is 4.52. The minimum atomic E-state index is -4.53. The van der Waals surface area contributed by atoms with Crippen LogP contribution in [0.1, 0.15) is 49.1 Å². The second-order valence-electron chi connectivity index (χ2n) is 11.4. The minimum Gasteiger partial charge on any atom is -0.493 e. The number of hydrogen-bond acceptors (Lipinski definition) is 8. The highest BCUT2D eigenvalue weighted by Crippen LogP contribution is 2.40. The summed E-state index contributed by atoms with van der Waals surface area (Å²) in [6.07, 6.45) is -3.51. The number of anilines is 1. The van der Waals surface area contributed by atoms with Crippen molar-refractivity contribution in [1.82, 2.24) is 20.2 Å². The van der Waals surface area contributed by atoms with Gasteiger partial charge in [0.05, 0.1) is 21.3 Å². The fourth-order valence-corrected chi connectivity index (χ4v) is 4.89. The molecular formula is C28H38F3N5O4. The first-order chi connectivity index (χ1) is 18.8. The van der Waals surface area contributed by atoms with Crippen LogP contribution in [-0.4, -0.2) is 81.4 Å². The molecule has 1 N–H and O–H groups in total. The third-order valence-corrected chi connectivity index (χ3v) is 7.38. The van der Waals surface area contributed by atoms with Crippen LogP contribution in [0.5, 0.6) is 17.2 Å². The Morgan fingerprint density at radius 1 is 0.950 bits per heavy atom. The van der Waals surface area contributed by atoms with Crippen LogP contribution in [0.2, 0.25) is 0 Å². The smallest absolute Gasteiger partial charge is 0.433 e. The maximum atomic E-state index is 13.5. The molecule has 2 heterocycles. The number of nitrogens with one attached hydrogen (secondary N) is 1. The van der Waals surface area contributed by atoms with E-state index in [9.17, 15) is 18.0 Å². The SMILES string of the molecule is COc1cc(C(=O)NCC2CC2CN2CCN(c3cc(C(F)(F)F)nc(C(C)(C)C)n3)CC2)cc(OC)c1OC. The maximum Gasteiger partial charge on any atom is 0.433 e. The maximum absolute atomic E-state index is 13.5. The molecule has 1 aromatic heterocycles. The Kier molecular flexibility index (Phi) is 8.67. The molecular weight excluding hydrogens is 527 g/mol. The van der Waals surface area contributed by atoms with Crippen molar-refractivity contribution in [1.29, 1.82) is 0 Å².